The number of benzene rings is 1. The Labute approximate surface area is 177 Å². The second kappa shape index (κ2) is 8.78. The summed E-state index contributed by atoms with van der Waals surface area (Å²) in [6.45, 7) is 2.91. The van der Waals surface area contributed by atoms with Crippen molar-refractivity contribution in [3.8, 4) is 6.07 Å². The Morgan fingerprint density at radius 3 is 2.76 bits per heavy atom. The number of carbonyl (C=O) groups is 1. The first-order chi connectivity index (χ1) is 14.2. The Hall–Kier alpha value is -2.67. The minimum atomic E-state index is -0.166. The molecule has 0 atom stereocenters. The number of rotatable bonds is 5. The first kappa shape index (κ1) is 19.6. The number of anilines is 1. The maximum absolute atomic E-state index is 12.8. The minimum absolute atomic E-state index is 0.166. The van der Waals surface area contributed by atoms with Crippen molar-refractivity contribution in [2.24, 2.45) is 0 Å². The fourth-order valence-electron chi connectivity index (χ4n) is 3.13. The first-order valence-electron chi connectivity index (χ1n) is 9.18. The Balaban J connectivity index is 1.49. The van der Waals surface area contributed by atoms with Crippen LogP contribution in [0.2, 0.25) is 0 Å². The number of morpholine rings is 1. The molecule has 1 aromatic heterocycles. The fraction of sp³-hybridized carbons (Fsp3) is 0.300. The highest BCUT2D eigenvalue weighted by Gasteiger charge is 2.32. The summed E-state index contributed by atoms with van der Waals surface area (Å²) in [6.07, 6.45) is 2.28. The number of thiocarbonyl (C=S) groups is 1. The molecular weight excluding hydrogens is 408 g/mol. The molecule has 0 N–H and O–H groups in total. The van der Waals surface area contributed by atoms with Crippen LogP contribution in [0.1, 0.15) is 17.1 Å². The Kier molecular flexibility index (Phi) is 5.94. The standard InChI is InChI=1S/C20H18N4O3S2/c21-13-15-19(23-8-10-26-11-9-23)27-17(22-15)12-16-18(25)24(20(28)29-16)7-6-14-4-2-1-3-5-14/h1-5,12H,6-11H2/b16-12-. The van der Waals surface area contributed by atoms with Crippen molar-refractivity contribution < 1.29 is 13.9 Å². The van der Waals surface area contributed by atoms with Gasteiger partial charge < -0.3 is 14.1 Å². The minimum Gasteiger partial charge on any atom is -0.420 e. The van der Waals surface area contributed by atoms with Crippen LogP contribution < -0.4 is 4.90 Å². The topological polar surface area (TPSA) is 82.6 Å². The van der Waals surface area contributed by atoms with Gasteiger partial charge in [-0.2, -0.15) is 10.2 Å². The molecule has 2 aliphatic heterocycles. The van der Waals surface area contributed by atoms with Gasteiger partial charge in [-0.05, 0) is 12.0 Å². The van der Waals surface area contributed by atoms with Crippen LogP contribution in [0.4, 0.5) is 5.88 Å². The average Bonchev–Trinajstić information content (AvgIpc) is 3.28. The largest absolute Gasteiger partial charge is 0.420 e. The highest BCUT2D eigenvalue weighted by Crippen LogP contribution is 2.33. The van der Waals surface area contributed by atoms with E-state index in [1.54, 1.807) is 11.0 Å². The van der Waals surface area contributed by atoms with Crippen LogP contribution in [-0.2, 0) is 16.0 Å². The molecule has 2 fully saturated rings. The van der Waals surface area contributed by atoms with Crippen molar-refractivity contribution in [1.82, 2.24) is 9.88 Å². The van der Waals surface area contributed by atoms with Crippen LogP contribution in [-0.4, -0.2) is 53.0 Å². The van der Waals surface area contributed by atoms with Crippen molar-refractivity contribution >= 4 is 46.2 Å². The Morgan fingerprint density at radius 2 is 2.03 bits per heavy atom. The molecule has 0 saturated carbocycles. The number of hydrogen-bond acceptors (Lipinski definition) is 8. The number of nitrogens with zero attached hydrogens (tertiary/aromatic N) is 4. The summed E-state index contributed by atoms with van der Waals surface area (Å²) in [7, 11) is 0. The molecule has 3 heterocycles. The van der Waals surface area contributed by atoms with E-state index in [0.29, 0.717) is 48.0 Å². The van der Waals surface area contributed by atoms with E-state index in [4.69, 9.17) is 21.4 Å². The van der Waals surface area contributed by atoms with Crippen LogP contribution in [0.15, 0.2) is 39.7 Å². The van der Waals surface area contributed by atoms with E-state index in [-0.39, 0.29) is 17.5 Å². The lowest BCUT2D eigenvalue weighted by atomic mass is 10.1. The molecule has 0 unspecified atom stereocenters. The maximum Gasteiger partial charge on any atom is 0.266 e. The van der Waals surface area contributed by atoms with E-state index in [1.165, 1.54) is 11.8 Å². The molecule has 0 aliphatic carbocycles. The molecule has 9 heteroatoms. The van der Waals surface area contributed by atoms with Gasteiger partial charge in [0.05, 0.1) is 18.1 Å². The summed E-state index contributed by atoms with van der Waals surface area (Å²) in [5.41, 5.74) is 1.35. The van der Waals surface area contributed by atoms with E-state index in [1.807, 2.05) is 35.2 Å². The number of thioether (sulfide) groups is 1. The van der Waals surface area contributed by atoms with Gasteiger partial charge in [0.2, 0.25) is 17.5 Å². The van der Waals surface area contributed by atoms with Crippen LogP contribution >= 0.6 is 24.0 Å². The van der Waals surface area contributed by atoms with Crippen LogP contribution in [0.3, 0.4) is 0 Å². The molecule has 0 radical (unpaired) electrons. The van der Waals surface area contributed by atoms with E-state index in [2.05, 4.69) is 11.1 Å². The SMILES string of the molecule is N#Cc1nc(/C=C2\SC(=S)N(CCc3ccccc3)C2=O)oc1N1CCOCC1. The van der Waals surface area contributed by atoms with E-state index < -0.39 is 0 Å². The van der Waals surface area contributed by atoms with Crippen molar-refractivity contribution in [2.45, 2.75) is 6.42 Å². The second-order valence-electron chi connectivity index (χ2n) is 6.49. The number of amides is 1. The maximum atomic E-state index is 12.8. The Bertz CT molecular complexity index is 991. The third kappa shape index (κ3) is 4.34. The quantitative estimate of drug-likeness (QED) is 0.533. The van der Waals surface area contributed by atoms with Gasteiger partial charge in [0.1, 0.15) is 10.4 Å². The van der Waals surface area contributed by atoms with Crippen LogP contribution in [0, 0.1) is 11.3 Å². The lowest BCUT2D eigenvalue weighted by Crippen LogP contribution is -2.36. The average molecular weight is 427 g/mol. The van der Waals surface area contributed by atoms with Crippen molar-refractivity contribution in [1.29, 1.82) is 5.26 Å². The molecule has 2 saturated heterocycles. The summed E-state index contributed by atoms with van der Waals surface area (Å²) in [4.78, 5) is 21.0. The van der Waals surface area contributed by atoms with Crippen molar-refractivity contribution in [2.75, 3.05) is 37.7 Å². The Morgan fingerprint density at radius 1 is 1.28 bits per heavy atom. The molecule has 0 spiro atoms. The number of oxazole rings is 1. The van der Waals surface area contributed by atoms with E-state index >= 15 is 0 Å². The van der Waals surface area contributed by atoms with Gasteiger partial charge in [-0.25, -0.2) is 0 Å². The van der Waals surface area contributed by atoms with Gasteiger partial charge in [-0.3, -0.25) is 9.69 Å². The van der Waals surface area contributed by atoms with Gasteiger partial charge in [0, 0.05) is 25.7 Å². The number of nitriles is 1. The number of carbonyl (C=O) groups excluding carboxylic acids is 1. The number of hydrogen-bond donors (Lipinski definition) is 0. The third-order valence-electron chi connectivity index (χ3n) is 4.63. The van der Waals surface area contributed by atoms with Crippen molar-refractivity contribution in [3.63, 3.8) is 0 Å². The zero-order valence-corrected chi connectivity index (χ0v) is 17.2. The molecule has 4 rings (SSSR count). The van der Waals surface area contributed by atoms with Gasteiger partial charge in [0.15, 0.2) is 0 Å². The van der Waals surface area contributed by atoms with Crippen molar-refractivity contribution in [3.05, 3.63) is 52.4 Å². The van der Waals surface area contributed by atoms with Gasteiger partial charge in [-0.1, -0.05) is 54.3 Å². The lowest BCUT2D eigenvalue weighted by molar-refractivity contribution is -0.122. The highest BCUT2D eigenvalue weighted by atomic mass is 32.2. The van der Waals surface area contributed by atoms with E-state index in [0.717, 1.165) is 12.0 Å². The van der Waals surface area contributed by atoms with Gasteiger partial charge in [0.25, 0.3) is 5.91 Å². The molecule has 148 valence electrons. The lowest BCUT2D eigenvalue weighted by Gasteiger charge is -2.25. The molecular formula is C20H18N4O3S2. The monoisotopic (exact) mass is 426 g/mol. The predicted octanol–water partition coefficient (Wildman–Crippen LogP) is 2.83. The second-order valence-corrected chi connectivity index (χ2v) is 8.16. The molecule has 2 aromatic rings. The highest BCUT2D eigenvalue weighted by molar-refractivity contribution is 8.26. The first-order valence-corrected chi connectivity index (χ1v) is 10.4. The summed E-state index contributed by atoms with van der Waals surface area (Å²) in [5, 5.41) is 9.39. The predicted molar refractivity (Wildman–Crippen MR) is 114 cm³/mol. The third-order valence-corrected chi connectivity index (χ3v) is 6.00. The zero-order valence-electron chi connectivity index (χ0n) is 15.5. The summed E-state index contributed by atoms with van der Waals surface area (Å²) in [5.74, 6) is 0.480. The summed E-state index contributed by atoms with van der Waals surface area (Å²) >= 11 is 6.61. The smallest absolute Gasteiger partial charge is 0.266 e. The summed E-state index contributed by atoms with van der Waals surface area (Å²) < 4.78 is 11.6. The molecule has 2 aliphatic rings. The van der Waals surface area contributed by atoms with Crippen LogP contribution in [0.25, 0.3) is 6.08 Å². The molecule has 7 nitrogen and oxygen atoms in total. The van der Waals surface area contributed by atoms with Crippen LogP contribution in [0.5, 0.6) is 0 Å². The summed E-state index contributed by atoms with van der Waals surface area (Å²) in [6, 6.07) is 12.0. The normalized spacial score (nSPS) is 18.5. The molecule has 0 bridgehead atoms. The van der Waals surface area contributed by atoms with E-state index in [9.17, 15) is 10.1 Å². The zero-order chi connectivity index (χ0) is 20.2. The molecule has 1 aromatic carbocycles. The number of ether oxygens (including phenoxy) is 1. The van der Waals surface area contributed by atoms with Gasteiger partial charge >= 0.3 is 0 Å². The van der Waals surface area contributed by atoms with Gasteiger partial charge in [-0.15, -0.1) is 0 Å². The fourth-order valence-corrected chi connectivity index (χ4v) is 4.41. The number of aromatic nitrogens is 1. The molecule has 1 amide bonds. The molecule has 29 heavy (non-hydrogen) atoms.